The number of thiazole rings is 1. The van der Waals surface area contributed by atoms with Gasteiger partial charge in [0.2, 0.25) is 0 Å². The van der Waals surface area contributed by atoms with Gasteiger partial charge in [-0.1, -0.05) is 23.1 Å². The lowest BCUT2D eigenvalue weighted by Gasteiger charge is -2.44. The fraction of sp³-hybridized carbons (Fsp3) is 0.444. The number of nitrogens with one attached hydrogen (secondary N) is 1. The summed E-state index contributed by atoms with van der Waals surface area (Å²) < 4.78 is 6.18. The van der Waals surface area contributed by atoms with Crippen molar-refractivity contribution in [1.29, 1.82) is 0 Å². The summed E-state index contributed by atoms with van der Waals surface area (Å²) in [6, 6.07) is 8.08. The minimum Gasteiger partial charge on any atom is -0.473 e. The molecule has 1 amide bonds. The second kappa shape index (κ2) is 7.35. The summed E-state index contributed by atoms with van der Waals surface area (Å²) in [7, 11) is 1.62. The van der Waals surface area contributed by atoms with E-state index < -0.39 is 0 Å². The minimum absolute atomic E-state index is 0.0368. The van der Waals surface area contributed by atoms with Crippen LogP contribution in [0.3, 0.4) is 0 Å². The first-order chi connectivity index (χ1) is 12.2. The van der Waals surface area contributed by atoms with E-state index in [1.54, 1.807) is 18.9 Å². The summed E-state index contributed by atoms with van der Waals surface area (Å²) in [5, 5.41) is 3.90. The molecule has 0 radical (unpaired) electrons. The fourth-order valence-corrected chi connectivity index (χ4v) is 5.30. The number of hydrogen-bond acceptors (Lipinski definition) is 6. The van der Waals surface area contributed by atoms with Crippen molar-refractivity contribution in [2.24, 2.45) is 5.92 Å². The highest BCUT2D eigenvalue weighted by atomic mass is 32.2. The van der Waals surface area contributed by atoms with Crippen LogP contribution in [0.4, 0.5) is 0 Å². The Labute approximate surface area is 155 Å². The summed E-state index contributed by atoms with van der Waals surface area (Å²) in [6.45, 7) is 3.37. The number of amides is 1. The standard InChI is InChI=1S/C18H21N3O2S2/c1-23-18-19-10-16(25-18)24-14-4-2-13(3-5-14)17(22)20-15-11-21-8-6-12(15)7-9-21/h2-5,10,12,15H,6-9,11H2,1H3,(H,20,22). The Bertz CT molecular complexity index is 739. The summed E-state index contributed by atoms with van der Waals surface area (Å²) in [5.74, 6) is 0.680. The van der Waals surface area contributed by atoms with Gasteiger partial charge >= 0.3 is 0 Å². The van der Waals surface area contributed by atoms with Crippen molar-refractivity contribution in [2.45, 2.75) is 28.0 Å². The van der Waals surface area contributed by atoms with Crippen LogP contribution in [0.2, 0.25) is 0 Å². The van der Waals surface area contributed by atoms with Gasteiger partial charge in [-0.05, 0) is 56.1 Å². The lowest BCUT2D eigenvalue weighted by atomic mass is 9.84. The van der Waals surface area contributed by atoms with Crippen molar-refractivity contribution in [2.75, 3.05) is 26.7 Å². The van der Waals surface area contributed by atoms with Gasteiger partial charge in [0.05, 0.1) is 17.5 Å². The SMILES string of the molecule is COc1ncc(Sc2ccc(C(=O)NC3CN4CCC3CC4)cc2)s1. The van der Waals surface area contributed by atoms with Crippen LogP contribution in [0, 0.1) is 5.92 Å². The maximum absolute atomic E-state index is 12.5. The van der Waals surface area contributed by atoms with Crippen LogP contribution in [0.15, 0.2) is 39.6 Å². The van der Waals surface area contributed by atoms with E-state index in [1.807, 2.05) is 30.5 Å². The molecule has 1 aromatic heterocycles. The zero-order valence-electron chi connectivity index (χ0n) is 14.1. The molecule has 1 unspecified atom stereocenters. The molecule has 1 N–H and O–H groups in total. The molecular weight excluding hydrogens is 354 g/mol. The number of hydrogen-bond donors (Lipinski definition) is 1. The Hall–Kier alpha value is -1.57. The van der Waals surface area contributed by atoms with Crippen LogP contribution in [0.5, 0.6) is 5.19 Å². The topological polar surface area (TPSA) is 54.5 Å². The molecule has 0 aliphatic carbocycles. The summed E-state index contributed by atoms with van der Waals surface area (Å²) >= 11 is 3.14. The molecule has 7 heteroatoms. The Morgan fingerprint density at radius 1 is 1.32 bits per heavy atom. The normalized spacial score (nSPS) is 24.9. The molecule has 4 heterocycles. The third-order valence-electron chi connectivity index (χ3n) is 4.95. The molecule has 1 aromatic carbocycles. The van der Waals surface area contributed by atoms with Crippen LogP contribution in [0.25, 0.3) is 0 Å². The molecule has 3 aliphatic rings. The summed E-state index contributed by atoms with van der Waals surface area (Å²) in [5.41, 5.74) is 0.725. The second-order valence-corrected chi connectivity index (χ2v) is 8.86. The van der Waals surface area contributed by atoms with Crippen LogP contribution in [0.1, 0.15) is 23.2 Å². The molecule has 5 nitrogen and oxygen atoms in total. The van der Waals surface area contributed by atoms with E-state index in [-0.39, 0.29) is 5.91 Å². The van der Waals surface area contributed by atoms with E-state index in [0.717, 1.165) is 21.2 Å². The average molecular weight is 376 g/mol. The van der Waals surface area contributed by atoms with Gasteiger partial charge in [-0.2, -0.15) is 0 Å². The maximum Gasteiger partial charge on any atom is 0.273 e. The van der Waals surface area contributed by atoms with Crippen molar-refractivity contribution in [3.63, 3.8) is 0 Å². The van der Waals surface area contributed by atoms with E-state index in [4.69, 9.17) is 4.74 Å². The highest BCUT2D eigenvalue weighted by molar-refractivity contribution is 8.01. The highest BCUT2D eigenvalue weighted by Crippen LogP contribution is 2.34. The van der Waals surface area contributed by atoms with Crippen molar-refractivity contribution in [3.05, 3.63) is 36.0 Å². The van der Waals surface area contributed by atoms with Gasteiger partial charge in [-0.25, -0.2) is 4.98 Å². The van der Waals surface area contributed by atoms with E-state index in [2.05, 4.69) is 15.2 Å². The number of aromatic nitrogens is 1. The van der Waals surface area contributed by atoms with E-state index in [9.17, 15) is 4.79 Å². The van der Waals surface area contributed by atoms with Crippen LogP contribution < -0.4 is 10.1 Å². The fourth-order valence-electron chi connectivity index (χ4n) is 3.56. The molecule has 132 valence electrons. The van der Waals surface area contributed by atoms with E-state index in [1.165, 1.54) is 37.3 Å². The number of piperidine rings is 3. The quantitative estimate of drug-likeness (QED) is 0.870. The van der Waals surface area contributed by atoms with Crippen molar-refractivity contribution < 1.29 is 9.53 Å². The van der Waals surface area contributed by atoms with Gasteiger partial charge in [0.15, 0.2) is 0 Å². The molecule has 2 aromatic rings. The Morgan fingerprint density at radius 2 is 2.08 bits per heavy atom. The molecule has 3 aliphatic heterocycles. The Balaban J connectivity index is 1.37. The Kier molecular flexibility index (Phi) is 4.96. The molecule has 25 heavy (non-hydrogen) atoms. The monoisotopic (exact) mass is 375 g/mol. The van der Waals surface area contributed by atoms with Gasteiger partial charge in [0, 0.05) is 23.0 Å². The van der Waals surface area contributed by atoms with Crippen molar-refractivity contribution in [1.82, 2.24) is 15.2 Å². The first-order valence-corrected chi connectivity index (χ1v) is 10.2. The van der Waals surface area contributed by atoms with Gasteiger partial charge < -0.3 is 15.0 Å². The zero-order chi connectivity index (χ0) is 17.2. The Morgan fingerprint density at radius 3 is 2.68 bits per heavy atom. The number of fused-ring (bicyclic) bond motifs is 3. The van der Waals surface area contributed by atoms with Crippen LogP contribution in [-0.2, 0) is 0 Å². The smallest absolute Gasteiger partial charge is 0.273 e. The molecule has 2 bridgehead atoms. The number of ether oxygens (including phenoxy) is 1. The highest BCUT2D eigenvalue weighted by Gasteiger charge is 2.34. The number of benzene rings is 1. The predicted molar refractivity (Wildman–Crippen MR) is 99.6 cm³/mol. The molecule has 3 saturated heterocycles. The van der Waals surface area contributed by atoms with E-state index in [0.29, 0.717) is 17.2 Å². The molecule has 5 rings (SSSR count). The molecule has 0 spiro atoms. The lowest BCUT2D eigenvalue weighted by molar-refractivity contribution is 0.0620. The number of methoxy groups -OCH3 is 1. The van der Waals surface area contributed by atoms with Crippen molar-refractivity contribution in [3.8, 4) is 5.19 Å². The average Bonchev–Trinajstić information content (AvgIpc) is 3.11. The van der Waals surface area contributed by atoms with Gasteiger partial charge in [0.1, 0.15) is 0 Å². The maximum atomic E-state index is 12.5. The zero-order valence-corrected chi connectivity index (χ0v) is 15.7. The molecular formula is C18H21N3O2S2. The molecule has 0 saturated carbocycles. The third kappa shape index (κ3) is 3.83. The van der Waals surface area contributed by atoms with Crippen LogP contribution >= 0.6 is 23.1 Å². The lowest BCUT2D eigenvalue weighted by Crippen LogP contribution is -2.57. The van der Waals surface area contributed by atoms with Gasteiger partial charge in [0.25, 0.3) is 11.1 Å². The second-order valence-electron chi connectivity index (χ2n) is 6.49. The van der Waals surface area contributed by atoms with Gasteiger partial charge in [-0.3, -0.25) is 4.79 Å². The number of carbonyl (C=O) groups excluding carboxylic acids is 1. The first-order valence-electron chi connectivity index (χ1n) is 8.52. The number of rotatable bonds is 5. The first kappa shape index (κ1) is 16.9. The van der Waals surface area contributed by atoms with E-state index >= 15 is 0 Å². The molecule has 1 atom stereocenters. The predicted octanol–water partition coefficient (Wildman–Crippen LogP) is 3.13. The van der Waals surface area contributed by atoms with Crippen molar-refractivity contribution >= 4 is 29.0 Å². The number of carbonyl (C=O) groups is 1. The summed E-state index contributed by atoms with van der Waals surface area (Å²) in [4.78, 5) is 20.2. The minimum atomic E-state index is 0.0368. The van der Waals surface area contributed by atoms with Crippen LogP contribution in [-0.4, -0.2) is 48.6 Å². The van der Waals surface area contributed by atoms with Gasteiger partial charge in [-0.15, -0.1) is 0 Å². The summed E-state index contributed by atoms with van der Waals surface area (Å²) in [6.07, 6.45) is 4.22. The number of nitrogens with zero attached hydrogens (tertiary/aromatic N) is 2. The molecule has 3 fully saturated rings. The largest absolute Gasteiger partial charge is 0.473 e. The third-order valence-corrected chi connectivity index (χ3v) is 7.01.